The van der Waals surface area contributed by atoms with E-state index in [1.807, 2.05) is 23.7 Å². The number of nitrogens with zero attached hydrogens (tertiary/aromatic N) is 1. The van der Waals surface area contributed by atoms with Gasteiger partial charge >= 0.3 is 5.97 Å². The molecule has 1 rings (SSSR count). The molecular weight excluding hydrogens is 178 g/mol. The Kier molecular flexibility index (Phi) is 3.74. The van der Waals surface area contributed by atoms with Gasteiger partial charge in [-0.25, -0.2) is 4.79 Å². The Morgan fingerprint density at radius 3 is 2.79 bits per heavy atom. The van der Waals surface area contributed by atoms with E-state index in [9.17, 15) is 4.79 Å². The van der Waals surface area contributed by atoms with E-state index < -0.39 is 0 Å². The van der Waals surface area contributed by atoms with Crippen molar-refractivity contribution in [2.24, 2.45) is 7.05 Å². The van der Waals surface area contributed by atoms with Crippen LogP contribution >= 0.6 is 0 Å². The molecule has 0 aliphatic rings. The van der Waals surface area contributed by atoms with Crippen LogP contribution in [0, 0.1) is 0 Å². The minimum atomic E-state index is -0.268. The Labute approximate surface area is 84.7 Å². The normalized spacial score (nSPS) is 10.2. The fraction of sp³-hybridized carbons (Fsp3) is 0.545. The van der Waals surface area contributed by atoms with Gasteiger partial charge in [-0.15, -0.1) is 0 Å². The molecule has 0 aliphatic carbocycles. The first-order chi connectivity index (χ1) is 6.70. The fourth-order valence-corrected chi connectivity index (χ4v) is 1.47. The van der Waals surface area contributed by atoms with Crippen LogP contribution in [0.25, 0.3) is 0 Å². The predicted molar refractivity (Wildman–Crippen MR) is 55.4 cm³/mol. The molecule has 0 fully saturated rings. The van der Waals surface area contributed by atoms with Gasteiger partial charge in [0, 0.05) is 12.7 Å². The number of esters is 1. The lowest BCUT2D eigenvalue weighted by Gasteiger charge is -2.05. The van der Waals surface area contributed by atoms with Gasteiger partial charge in [0.05, 0.1) is 7.11 Å². The van der Waals surface area contributed by atoms with E-state index in [1.54, 1.807) is 0 Å². The zero-order valence-electron chi connectivity index (χ0n) is 9.04. The molecule has 1 heterocycles. The third kappa shape index (κ3) is 2.16. The van der Waals surface area contributed by atoms with E-state index in [0.29, 0.717) is 5.69 Å². The molecule has 0 amide bonds. The molecule has 0 saturated carbocycles. The van der Waals surface area contributed by atoms with Gasteiger partial charge < -0.3 is 9.30 Å². The van der Waals surface area contributed by atoms with Gasteiger partial charge in [-0.3, -0.25) is 0 Å². The highest BCUT2D eigenvalue weighted by atomic mass is 16.5. The van der Waals surface area contributed by atoms with Crippen LogP contribution in [0.1, 0.15) is 35.9 Å². The van der Waals surface area contributed by atoms with Crippen LogP contribution in [0.3, 0.4) is 0 Å². The van der Waals surface area contributed by atoms with Crippen LogP contribution in [-0.2, 0) is 18.2 Å². The number of carbonyl (C=O) groups excluding carboxylic acids is 1. The summed E-state index contributed by atoms with van der Waals surface area (Å²) < 4.78 is 6.58. The molecule has 3 heteroatoms. The highest BCUT2D eigenvalue weighted by Gasteiger charge is 2.11. The van der Waals surface area contributed by atoms with Crippen LogP contribution in [0.15, 0.2) is 12.1 Å². The topological polar surface area (TPSA) is 31.2 Å². The number of aromatic nitrogens is 1. The minimum absolute atomic E-state index is 0.268. The standard InChI is InChI=1S/C11H17NO2/c1-4-5-6-9-7-8-10(12(9)2)11(13)14-3/h7-8H,4-6H2,1-3H3. The van der Waals surface area contributed by atoms with Gasteiger partial charge in [0.15, 0.2) is 0 Å². The van der Waals surface area contributed by atoms with Crippen LogP contribution in [0.5, 0.6) is 0 Å². The van der Waals surface area contributed by atoms with Crippen molar-refractivity contribution in [3.8, 4) is 0 Å². The number of carbonyl (C=O) groups is 1. The molecule has 78 valence electrons. The third-order valence-corrected chi connectivity index (χ3v) is 2.41. The molecule has 0 saturated heterocycles. The Hall–Kier alpha value is -1.25. The lowest BCUT2D eigenvalue weighted by molar-refractivity contribution is 0.0589. The predicted octanol–water partition coefficient (Wildman–Crippen LogP) is 2.15. The first-order valence-electron chi connectivity index (χ1n) is 4.93. The molecule has 0 atom stereocenters. The van der Waals surface area contributed by atoms with Crippen molar-refractivity contribution < 1.29 is 9.53 Å². The maximum absolute atomic E-state index is 11.3. The molecule has 1 aromatic heterocycles. The number of hydrogen-bond donors (Lipinski definition) is 0. The van der Waals surface area contributed by atoms with E-state index in [0.717, 1.165) is 12.8 Å². The van der Waals surface area contributed by atoms with E-state index in [1.165, 1.54) is 19.2 Å². The number of hydrogen-bond acceptors (Lipinski definition) is 2. The van der Waals surface area contributed by atoms with E-state index in [2.05, 4.69) is 11.7 Å². The molecule has 0 spiro atoms. The number of methoxy groups -OCH3 is 1. The first-order valence-corrected chi connectivity index (χ1v) is 4.93. The molecule has 3 nitrogen and oxygen atoms in total. The second kappa shape index (κ2) is 4.84. The number of ether oxygens (including phenoxy) is 1. The first kappa shape index (κ1) is 10.8. The summed E-state index contributed by atoms with van der Waals surface area (Å²) in [6.45, 7) is 2.16. The number of unbranched alkanes of at least 4 members (excludes halogenated alkanes) is 1. The second-order valence-corrected chi connectivity index (χ2v) is 3.36. The second-order valence-electron chi connectivity index (χ2n) is 3.36. The molecule has 0 aliphatic heterocycles. The summed E-state index contributed by atoms with van der Waals surface area (Å²) >= 11 is 0. The van der Waals surface area contributed by atoms with Gasteiger partial charge in [-0.05, 0) is 25.0 Å². The Morgan fingerprint density at radius 2 is 2.21 bits per heavy atom. The minimum Gasteiger partial charge on any atom is -0.464 e. The van der Waals surface area contributed by atoms with Crippen molar-refractivity contribution in [2.45, 2.75) is 26.2 Å². The monoisotopic (exact) mass is 195 g/mol. The van der Waals surface area contributed by atoms with Crippen molar-refractivity contribution in [3.05, 3.63) is 23.5 Å². The largest absolute Gasteiger partial charge is 0.464 e. The van der Waals surface area contributed by atoms with Crippen LogP contribution in [0.2, 0.25) is 0 Å². The Balaban J connectivity index is 2.80. The zero-order valence-corrected chi connectivity index (χ0v) is 9.04. The molecule has 1 aromatic rings. The molecular formula is C11H17NO2. The highest BCUT2D eigenvalue weighted by molar-refractivity contribution is 5.87. The summed E-state index contributed by atoms with van der Waals surface area (Å²) in [7, 11) is 3.30. The number of rotatable bonds is 4. The molecule has 0 unspecified atom stereocenters. The van der Waals surface area contributed by atoms with E-state index in [4.69, 9.17) is 0 Å². The summed E-state index contributed by atoms with van der Waals surface area (Å²) in [5.41, 5.74) is 1.81. The third-order valence-electron chi connectivity index (χ3n) is 2.41. The van der Waals surface area contributed by atoms with Crippen molar-refractivity contribution in [2.75, 3.05) is 7.11 Å². The molecule has 0 N–H and O–H groups in total. The molecule has 14 heavy (non-hydrogen) atoms. The SMILES string of the molecule is CCCCc1ccc(C(=O)OC)n1C. The van der Waals surface area contributed by atoms with E-state index >= 15 is 0 Å². The zero-order chi connectivity index (χ0) is 10.6. The van der Waals surface area contributed by atoms with E-state index in [-0.39, 0.29) is 5.97 Å². The van der Waals surface area contributed by atoms with Crippen molar-refractivity contribution in [1.29, 1.82) is 0 Å². The maximum Gasteiger partial charge on any atom is 0.354 e. The van der Waals surface area contributed by atoms with Gasteiger partial charge in [-0.1, -0.05) is 13.3 Å². The van der Waals surface area contributed by atoms with Gasteiger partial charge in [-0.2, -0.15) is 0 Å². The van der Waals surface area contributed by atoms with Crippen molar-refractivity contribution >= 4 is 5.97 Å². The van der Waals surface area contributed by atoms with Crippen LogP contribution in [0.4, 0.5) is 0 Å². The lowest BCUT2D eigenvalue weighted by Crippen LogP contribution is -2.09. The fourth-order valence-electron chi connectivity index (χ4n) is 1.47. The van der Waals surface area contributed by atoms with Gasteiger partial charge in [0.2, 0.25) is 0 Å². The maximum atomic E-state index is 11.3. The summed E-state index contributed by atoms with van der Waals surface area (Å²) in [4.78, 5) is 11.3. The summed E-state index contributed by atoms with van der Waals surface area (Å²) in [5.74, 6) is -0.268. The lowest BCUT2D eigenvalue weighted by atomic mass is 10.2. The number of aryl methyl sites for hydroxylation is 1. The molecule has 0 radical (unpaired) electrons. The Morgan fingerprint density at radius 1 is 1.50 bits per heavy atom. The van der Waals surface area contributed by atoms with Crippen molar-refractivity contribution in [3.63, 3.8) is 0 Å². The van der Waals surface area contributed by atoms with Crippen LogP contribution in [-0.4, -0.2) is 17.6 Å². The van der Waals surface area contributed by atoms with Gasteiger partial charge in [0.1, 0.15) is 5.69 Å². The smallest absolute Gasteiger partial charge is 0.354 e. The molecule has 0 aromatic carbocycles. The summed E-state index contributed by atoms with van der Waals surface area (Å²) in [5, 5.41) is 0. The quantitative estimate of drug-likeness (QED) is 0.689. The van der Waals surface area contributed by atoms with Crippen LogP contribution < -0.4 is 0 Å². The van der Waals surface area contributed by atoms with Crippen molar-refractivity contribution in [1.82, 2.24) is 4.57 Å². The average molecular weight is 195 g/mol. The molecule has 0 bridgehead atoms. The Bertz CT molecular complexity index is 315. The highest BCUT2D eigenvalue weighted by Crippen LogP contribution is 2.11. The summed E-state index contributed by atoms with van der Waals surface area (Å²) in [6.07, 6.45) is 3.33. The average Bonchev–Trinajstić information content (AvgIpc) is 2.56. The summed E-state index contributed by atoms with van der Waals surface area (Å²) in [6, 6.07) is 3.80. The van der Waals surface area contributed by atoms with Gasteiger partial charge in [0.25, 0.3) is 0 Å².